The van der Waals surface area contributed by atoms with Gasteiger partial charge in [0.05, 0.1) is 17.7 Å². The Balaban J connectivity index is 1.98. The van der Waals surface area contributed by atoms with Crippen LogP contribution in [0.3, 0.4) is 0 Å². The molecule has 0 saturated heterocycles. The minimum atomic E-state index is -4.30. The third-order valence-corrected chi connectivity index (χ3v) is 6.85. The molecule has 156 valence electrons. The number of hydrogen-bond donors (Lipinski definition) is 1. The van der Waals surface area contributed by atoms with Gasteiger partial charge >= 0.3 is 5.97 Å². The molecule has 0 saturated carbocycles. The average Bonchev–Trinajstić information content (AvgIpc) is 2.91. The molecule has 0 amide bonds. The zero-order valence-electron chi connectivity index (χ0n) is 17.3. The molecule has 0 radical (unpaired) electrons. The molecular formula is C22H27NO5S. The van der Waals surface area contributed by atoms with Crippen LogP contribution in [0.5, 0.6) is 0 Å². The molecule has 0 aromatic heterocycles. The lowest BCUT2D eigenvalue weighted by molar-refractivity contribution is -0.140. The summed E-state index contributed by atoms with van der Waals surface area (Å²) in [5, 5.41) is 1.77. The number of rotatable bonds is 7. The van der Waals surface area contributed by atoms with Gasteiger partial charge in [-0.15, -0.1) is 0 Å². The lowest BCUT2D eigenvalue weighted by Crippen LogP contribution is -2.27. The summed E-state index contributed by atoms with van der Waals surface area (Å²) >= 11 is 0. The Morgan fingerprint density at radius 3 is 2.52 bits per heavy atom. The first-order valence-electron chi connectivity index (χ1n) is 9.76. The van der Waals surface area contributed by atoms with Crippen molar-refractivity contribution in [1.29, 1.82) is 0 Å². The van der Waals surface area contributed by atoms with Crippen LogP contribution in [0.1, 0.15) is 57.1 Å². The molecule has 1 aliphatic rings. The van der Waals surface area contributed by atoms with E-state index in [-0.39, 0.29) is 16.3 Å². The number of unbranched alkanes of at least 4 members (excludes halogenated alkanes) is 2. The number of fused-ring (bicyclic) bond motifs is 3. The number of hydrogen-bond acceptors (Lipinski definition) is 5. The average molecular weight is 418 g/mol. The van der Waals surface area contributed by atoms with Crippen LogP contribution in [0.25, 0.3) is 10.8 Å². The predicted molar refractivity (Wildman–Crippen MR) is 114 cm³/mol. The van der Waals surface area contributed by atoms with Crippen LogP contribution in [-0.2, 0) is 25.1 Å². The lowest BCUT2D eigenvalue weighted by atomic mass is 9.74. The summed E-state index contributed by atoms with van der Waals surface area (Å²) in [4.78, 5) is 15.9. The number of carbonyl (C=O) groups excluding carboxylic acids is 1. The van der Waals surface area contributed by atoms with Crippen LogP contribution in [0, 0.1) is 6.92 Å². The summed E-state index contributed by atoms with van der Waals surface area (Å²) in [6, 6.07) is 6.98. The standard InChI is InChI=1S/C22H27NO5S/c1-14-12-16(29(25,26)27)13-18-17(14)9-10-19-21(18)22(3,15(2)23-19)11-7-5-6-8-20(24)28-4/h9-10,12-13H,5-8,11H2,1-4H3,(H,25,26,27). The zero-order valence-corrected chi connectivity index (χ0v) is 18.1. The maximum Gasteiger partial charge on any atom is 0.305 e. The molecule has 0 fully saturated rings. The Hall–Kier alpha value is -2.25. The SMILES string of the molecule is COC(=O)CCCCCC1(C)C(C)=Nc2ccc3c(C)cc(S(=O)(=O)O)cc3c21. The van der Waals surface area contributed by atoms with Crippen molar-refractivity contribution in [3.63, 3.8) is 0 Å². The van der Waals surface area contributed by atoms with E-state index in [1.54, 1.807) is 6.07 Å². The molecule has 1 unspecified atom stereocenters. The van der Waals surface area contributed by atoms with Gasteiger partial charge in [-0.05, 0) is 66.8 Å². The van der Waals surface area contributed by atoms with E-state index >= 15 is 0 Å². The number of methoxy groups -OCH3 is 1. The summed E-state index contributed by atoms with van der Waals surface area (Å²) in [6.07, 6.45) is 3.83. The largest absolute Gasteiger partial charge is 0.469 e. The van der Waals surface area contributed by atoms with Crippen LogP contribution in [0.2, 0.25) is 0 Å². The molecular weight excluding hydrogens is 390 g/mol. The van der Waals surface area contributed by atoms with Gasteiger partial charge in [0, 0.05) is 17.5 Å². The summed E-state index contributed by atoms with van der Waals surface area (Å²) < 4.78 is 37.8. The van der Waals surface area contributed by atoms with Gasteiger partial charge < -0.3 is 4.74 Å². The second-order valence-corrected chi connectivity index (χ2v) is 9.36. The van der Waals surface area contributed by atoms with Gasteiger partial charge in [-0.3, -0.25) is 14.3 Å². The summed E-state index contributed by atoms with van der Waals surface area (Å²) in [5.41, 5.74) is 3.31. The maximum atomic E-state index is 11.8. The quantitative estimate of drug-likeness (QED) is 0.394. The van der Waals surface area contributed by atoms with Crippen molar-refractivity contribution >= 4 is 38.3 Å². The number of aliphatic imine (C=N–C) groups is 1. The number of ether oxygens (including phenoxy) is 1. The molecule has 1 atom stereocenters. The van der Waals surface area contributed by atoms with Crippen molar-refractivity contribution in [3.05, 3.63) is 35.4 Å². The van der Waals surface area contributed by atoms with E-state index in [2.05, 4.69) is 11.7 Å². The highest BCUT2D eigenvalue weighted by molar-refractivity contribution is 7.85. The lowest BCUT2D eigenvalue weighted by Gasteiger charge is -2.28. The molecule has 6 nitrogen and oxygen atoms in total. The van der Waals surface area contributed by atoms with Gasteiger partial charge in [0.15, 0.2) is 0 Å². The number of esters is 1. The van der Waals surface area contributed by atoms with E-state index in [9.17, 15) is 17.8 Å². The van der Waals surface area contributed by atoms with Crippen LogP contribution >= 0.6 is 0 Å². The highest BCUT2D eigenvalue weighted by atomic mass is 32.2. The first-order valence-corrected chi connectivity index (χ1v) is 11.2. The molecule has 0 aliphatic carbocycles. The normalized spacial score (nSPS) is 18.6. The number of aryl methyl sites for hydroxylation is 1. The van der Waals surface area contributed by atoms with Crippen LogP contribution in [0.15, 0.2) is 34.2 Å². The number of carbonyl (C=O) groups is 1. The van der Waals surface area contributed by atoms with Gasteiger partial charge in [-0.2, -0.15) is 8.42 Å². The Morgan fingerprint density at radius 1 is 1.14 bits per heavy atom. The summed E-state index contributed by atoms with van der Waals surface area (Å²) in [7, 11) is -2.91. The van der Waals surface area contributed by atoms with Crippen LogP contribution < -0.4 is 0 Å². The van der Waals surface area contributed by atoms with Crippen LogP contribution in [0.4, 0.5) is 5.69 Å². The highest BCUT2D eigenvalue weighted by Gasteiger charge is 2.38. The highest BCUT2D eigenvalue weighted by Crippen LogP contribution is 2.47. The van der Waals surface area contributed by atoms with Crippen molar-refractivity contribution in [3.8, 4) is 0 Å². The van der Waals surface area contributed by atoms with Crippen LogP contribution in [-0.4, -0.2) is 31.8 Å². The Kier molecular flexibility index (Phi) is 5.83. The molecule has 1 aliphatic heterocycles. The first kappa shape index (κ1) is 21.5. The van der Waals surface area contributed by atoms with E-state index in [1.807, 2.05) is 26.0 Å². The smallest absolute Gasteiger partial charge is 0.305 e. The van der Waals surface area contributed by atoms with Crippen molar-refractivity contribution in [2.45, 2.75) is 63.2 Å². The molecule has 2 aromatic rings. The molecule has 1 heterocycles. The minimum Gasteiger partial charge on any atom is -0.469 e. The number of nitrogens with zero attached hydrogens (tertiary/aromatic N) is 1. The summed E-state index contributed by atoms with van der Waals surface area (Å²) in [6.45, 7) is 5.98. The Labute approximate surface area is 171 Å². The van der Waals surface area contributed by atoms with Gasteiger partial charge in [-0.25, -0.2) is 0 Å². The van der Waals surface area contributed by atoms with Crippen molar-refractivity contribution < 1.29 is 22.5 Å². The molecule has 3 rings (SSSR count). The first-order chi connectivity index (χ1) is 13.6. The molecule has 1 N–H and O–H groups in total. The second kappa shape index (κ2) is 7.88. The topological polar surface area (TPSA) is 93.0 Å². The third kappa shape index (κ3) is 4.07. The van der Waals surface area contributed by atoms with E-state index in [4.69, 9.17) is 4.99 Å². The fourth-order valence-corrected chi connectivity index (χ4v) is 4.81. The third-order valence-electron chi connectivity index (χ3n) is 6.02. The molecule has 0 spiro atoms. The van der Waals surface area contributed by atoms with Gasteiger partial charge in [-0.1, -0.05) is 25.8 Å². The van der Waals surface area contributed by atoms with Crippen molar-refractivity contribution in [2.24, 2.45) is 4.99 Å². The van der Waals surface area contributed by atoms with Crippen molar-refractivity contribution in [1.82, 2.24) is 0 Å². The molecule has 29 heavy (non-hydrogen) atoms. The minimum absolute atomic E-state index is 0.0964. The van der Waals surface area contributed by atoms with E-state index in [0.717, 1.165) is 59.0 Å². The van der Waals surface area contributed by atoms with Gasteiger partial charge in [0.25, 0.3) is 10.1 Å². The Morgan fingerprint density at radius 2 is 1.86 bits per heavy atom. The predicted octanol–water partition coefficient (Wildman–Crippen LogP) is 4.88. The second-order valence-electron chi connectivity index (χ2n) is 7.94. The van der Waals surface area contributed by atoms with E-state index in [0.29, 0.717) is 6.42 Å². The number of benzene rings is 2. The van der Waals surface area contributed by atoms with Gasteiger partial charge in [0.2, 0.25) is 0 Å². The zero-order chi connectivity index (χ0) is 21.4. The van der Waals surface area contributed by atoms with Crippen molar-refractivity contribution in [2.75, 3.05) is 7.11 Å². The van der Waals surface area contributed by atoms with Gasteiger partial charge in [0.1, 0.15) is 0 Å². The monoisotopic (exact) mass is 417 g/mol. The fourth-order valence-electron chi connectivity index (χ4n) is 4.22. The summed E-state index contributed by atoms with van der Waals surface area (Å²) in [5.74, 6) is -0.195. The van der Waals surface area contributed by atoms with E-state index in [1.165, 1.54) is 13.2 Å². The molecule has 7 heteroatoms. The Bertz CT molecular complexity index is 1100. The molecule has 0 bridgehead atoms. The fraction of sp³-hybridized carbons (Fsp3) is 0.455. The molecule has 2 aromatic carbocycles. The van der Waals surface area contributed by atoms with E-state index < -0.39 is 10.1 Å². The maximum absolute atomic E-state index is 11.8.